The van der Waals surface area contributed by atoms with Crippen LogP contribution in [-0.2, 0) is 18.0 Å². The Balaban J connectivity index is 2.24. The summed E-state index contributed by atoms with van der Waals surface area (Å²) in [4.78, 5) is 11.6. The lowest BCUT2D eigenvalue weighted by Gasteiger charge is -2.15. The standard InChI is InChI=1S/C18H19ClO4/c1-3-18(21)23-16-6-4-5-13(10-20)14(16)11-22-17-8-7-12(2)9-15(17)19/h4-9,20H,3,10-11H2,1-2H3. The minimum absolute atomic E-state index is 0.145. The van der Waals surface area contributed by atoms with Gasteiger partial charge in [0.15, 0.2) is 0 Å². The number of carbonyl (C=O) groups excluding carboxylic acids is 1. The number of rotatable bonds is 6. The van der Waals surface area contributed by atoms with E-state index in [0.717, 1.165) is 5.56 Å². The van der Waals surface area contributed by atoms with E-state index in [-0.39, 0.29) is 25.6 Å². The van der Waals surface area contributed by atoms with E-state index in [1.165, 1.54) is 0 Å². The molecule has 0 saturated heterocycles. The van der Waals surface area contributed by atoms with Crippen molar-refractivity contribution in [2.75, 3.05) is 0 Å². The van der Waals surface area contributed by atoms with Gasteiger partial charge in [0, 0.05) is 12.0 Å². The van der Waals surface area contributed by atoms with Gasteiger partial charge in [-0.25, -0.2) is 0 Å². The summed E-state index contributed by atoms with van der Waals surface area (Å²) in [6.45, 7) is 3.64. The van der Waals surface area contributed by atoms with Crippen LogP contribution in [0.5, 0.6) is 11.5 Å². The van der Waals surface area contributed by atoms with Gasteiger partial charge in [0.2, 0.25) is 0 Å². The molecule has 0 aliphatic heterocycles. The zero-order chi connectivity index (χ0) is 16.8. The molecule has 0 bridgehead atoms. The maximum absolute atomic E-state index is 11.6. The Hall–Kier alpha value is -2.04. The van der Waals surface area contributed by atoms with Gasteiger partial charge in [-0.2, -0.15) is 0 Å². The number of benzene rings is 2. The molecule has 0 unspecified atom stereocenters. The van der Waals surface area contributed by atoms with Gasteiger partial charge in [-0.3, -0.25) is 4.79 Å². The normalized spacial score (nSPS) is 10.4. The molecule has 5 heteroatoms. The van der Waals surface area contributed by atoms with Crippen molar-refractivity contribution in [2.24, 2.45) is 0 Å². The van der Waals surface area contributed by atoms with Gasteiger partial charge in [-0.1, -0.05) is 36.7 Å². The van der Waals surface area contributed by atoms with Crippen molar-refractivity contribution in [1.82, 2.24) is 0 Å². The average molecular weight is 335 g/mol. The minimum atomic E-state index is -0.338. The average Bonchev–Trinajstić information content (AvgIpc) is 2.54. The van der Waals surface area contributed by atoms with Crippen LogP contribution < -0.4 is 9.47 Å². The molecule has 0 fully saturated rings. The van der Waals surface area contributed by atoms with E-state index in [2.05, 4.69) is 0 Å². The topological polar surface area (TPSA) is 55.8 Å². The Kier molecular flexibility index (Phi) is 6.02. The Bertz CT molecular complexity index is 697. The van der Waals surface area contributed by atoms with Crippen molar-refractivity contribution in [3.63, 3.8) is 0 Å². The van der Waals surface area contributed by atoms with Gasteiger partial charge < -0.3 is 14.6 Å². The van der Waals surface area contributed by atoms with E-state index in [1.54, 1.807) is 31.2 Å². The van der Waals surface area contributed by atoms with E-state index >= 15 is 0 Å². The van der Waals surface area contributed by atoms with Crippen molar-refractivity contribution in [1.29, 1.82) is 0 Å². The van der Waals surface area contributed by atoms with E-state index < -0.39 is 0 Å². The highest BCUT2D eigenvalue weighted by atomic mass is 35.5. The third-order valence-corrected chi connectivity index (χ3v) is 3.67. The molecular formula is C18H19ClO4. The van der Waals surface area contributed by atoms with Gasteiger partial charge in [0.05, 0.1) is 11.6 Å². The summed E-state index contributed by atoms with van der Waals surface area (Å²) in [5, 5.41) is 10.0. The van der Waals surface area contributed by atoms with Gasteiger partial charge in [-0.15, -0.1) is 0 Å². The SMILES string of the molecule is CCC(=O)Oc1cccc(CO)c1COc1ccc(C)cc1Cl. The first-order valence-corrected chi connectivity index (χ1v) is 7.74. The number of ether oxygens (including phenoxy) is 2. The molecule has 0 heterocycles. The van der Waals surface area contributed by atoms with Crippen molar-refractivity contribution in [3.05, 3.63) is 58.1 Å². The van der Waals surface area contributed by atoms with Crippen molar-refractivity contribution >= 4 is 17.6 Å². The van der Waals surface area contributed by atoms with Crippen LogP contribution in [0.3, 0.4) is 0 Å². The Morgan fingerprint density at radius 1 is 1.22 bits per heavy atom. The number of carbonyl (C=O) groups is 1. The quantitative estimate of drug-likeness (QED) is 0.640. The lowest BCUT2D eigenvalue weighted by Crippen LogP contribution is -2.10. The van der Waals surface area contributed by atoms with Gasteiger partial charge in [0.25, 0.3) is 0 Å². The smallest absolute Gasteiger partial charge is 0.310 e. The highest BCUT2D eigenvalue weighted by Gasteiger charge is 2.13. The number of aliphatic hydroxyl groups is 1. The molecule has 2 aromatic rings. The molecule has 0 radical (unpaired) electrons. The first-order valence-electron chi connectivity index (χ1n) is 7.36. The summed E-state index contributed by atoms with van der Waals surface area (Å²) in [5.74, 6) is 0.596. The Morgan fingerprint density at radius 3 is 2.65 bits per heavy atom. The zero-order valence-electron chi connectivity index (χ0n) is 13.1. The highest BCUT2D eigenvalue weighted by Crippen LogP contribution is 2.29. The van der Waals surface area contributed by atoms with Crippen LogP contribution in [0.25, 0.3) is 0 Å². The lowest BCUT2D eigenvalue weighted by atomic mass is 10.1. The predicted molar refractivity (Wildman–Crippen MR) is 88.8 cm³/mol. The second-order valence-electron chi connectivity index (χ2n) is 5.10. The third-order valence-electron chi connectivity index (χ3n) is 3.37. The number of hydrogen-bond acceptors (Lipinski definition) is 4. The number of aryl methyl sites for hydroxylation is 1. The van der Waals surface area contributed by atoms with Crippen molar-refractivity contribution < 1.29 is 19.4 Å². The van der Waals surface area contributed by atoms with Crippen LogP contribution in [0.2, 0.25) is 5.02 Å². The fourth-order valence-electron chi connectivity index (χ4n) is 2.09. The van der Waals surface area contributed by atoms with Gasteiger partial charge >= 0.3 is 5.97 Å². The molecular weight excluding hydrogens is 316 g/mol. The molecule has 4 nitrogen and oxygen atoms in total. The molecule has 0 amide bonds. The van der Waals surface area contributed by atoms with Crippen molar-refractivity contribution in [3.8, 4) is 11.5 Å². The summed E-state index contributed by atoms with van der Waals surface area (Å²) >= 11 is 6.16. The second-order valence-corrected chi connectivity index (χ2v) is 5.51. The highest BCUT2D eigenvalue weighted by molar-refractivity contribution is 6.32. The van der Waals surface area contributed by atoms with Crippen molar-refractivity contribution in [2.45, 2.75) is 33.5 Å². The van der Waals surface area contributed by atoms with E-state index in [0.29, 0.717) is 27.6 Å². The molecule has 0 spiro atoms. The van der Waals surface area contributed by atoms with E-state index in [4.69, 9.17) is 21.1 Å². The molecule has 0 aromatic heterocycles. The van der Waals surface area contributed by atoms with E-state index in [1.807, 2.05) is 19.1 Å². The fourth-order valence-corrected chi connectivity index (χ4v) is 2.38. The summed E-state index contributed by atoms with van der Waals surface area (Å²) in [5.41, 5.74) is 2.32. The van der Waals surface area contributed by atoms with Crippen LogP contribution in [0.15, 0.2) is 36.4 Å². The summed E-state index contributed by atoms with van der Waals surface area (Å²) in [6.07, 6.45) is 0.271. The molecule has 2 rings (SSSR count). The molecule has 1 N–H and O–H groups in total. The van der Waals surface area contributed by atoms with Crippen LogP contribution in [-0.4, -0.2) is 11.1 Å². The second kappa shape index (κ2) is 7.99. The van der Waals surface area contributed by atoms with Crippen LogP contribution in [0.4, 0.5) is 0 Å². The molecule has 2 aromatic carbocycles. The summed E-state index contributed by atoms with van der Waals surface area (Å²) in [6, 6.07) is 10.7. The summed E-state index contributed by atoms with van der Waals surface area (Å²) in [7, 11) is 0. The zero-order valence-corrected chi connectivity index (χ0v) is 13.9. The number of aliphatic hydroxyl groups excluding tert-OH is 1. The van der Waals surface area contributed by atoms with Crippen LogP contribution in [0.1, 0.15) is 30.0 Å². The Labute approximate surface area is 140 Å². The fraction of sp³-hybridized carbons (Fsp3) is 0.278. The predicted octanol–water partition coefficient (Wildman–Crippen LogP) is 4.04. The maximum atomic E-state index is 11.6. The van der Waals surface area contributed by atoms with Crippen LogP contribution >= 0.6 is 11.6 Å². The summed E-state index contributed by atoms with van der Waals surface area (Å²) < 4.78 is 11.1. The molecule has 0 aliphatic rings. The molecule has 0 saturated carbocycles. The molecule has 23 heavy (non-hydrogen) atoms. The molecule has 0 aliphatic carbocycles. The van der Waals surface area contributed by atoms with Gasteiger partial charge in [-0.05, 0) is 36.2 Å². The van der Waals surface area contributed by atoms with Crippen LogP contribution in [0, 0.1) is 6.92 Å². The largest absolute Gasteiger partial charge is 0.487 e. The maximum Gasteiger partial charge on any atom is 0.310 e. The number of halogens is 1. The first kappa shape index (κ1) is 17.3. The number of esters is 1. The molecule has 0 atom stereocenters. The lowest BCUT2D eigenvalue weighted by molar-refractivity contribution is -0.134. The monoisotopic (exact) mass is 334 g/mol. The first-order chi connectivity index (χ1) is 11.0. The third kappa shape index (κ3) is 4.47. The minimum Gasteiger partial charge on any atom is -0.487 e. The van der Waals surface area contributed by atoms with Gasteiger partial charge in [0.1, 0.15) is 18.1 Å². The Morgan fingerprint density at radius 2 is 2.00 bits per heavy atom. The molecule has 122 valence electrons. The van der Waals surface area contributed by atoms with E-state index in [9.17, 15) is 9.90 Å². The number of hydrogen-bond donors (Lipinski definition) is 1.